The van der Waals surface area contributed by atoms with Gasteiger partial charge >= 0.3 is 0 Å². The van der Waals surface area contributed by atoms with Gasteiger partial charge in [-0.1, -0.05) is 0 Å². The van der Waals surface area contributed by atoms with Crippen LogP contribution in [0.25, 0.3) is 0 Å². The van der Waals surface area contributed by atoms with Crippen molar-refractivity contribution in [3.8, 4) is 0 Å². The molecule has 17 heavy (non-hydrogen) atoms. The van der Waals surface area contributed by atoms with Gasteiger partial charge in [0.05, 0.1) is 25.3 Å². The summed E-state index contributed by atoms with van der Waals surface area (Å²) in [5.41, 5.74) is 0. The van der Waals surface area contributed by atoms with Crippen molar-refractivity contribution >= 4 is 0 Å². The molecular formula is C13H21NO3. The van der Waals surface area contributed by atoms with Crippen LogP contribution in [0.15, 0.2) is 16.5 Å². The van der Waals surface area contributed by atoms with Crippen LogP contribution in [-0.2, 0) is 9.47 Å². The van der Waals surface area contributed by atoms with Crippen molar-refractivity contribution in [2.24, 2.45) is 0 Å². The second-order valence-corrected chi connectivity index (χ2v) is 5.06. The van der Waals surface area contributed by atoms with Crippen molar-refractivity contribution in [2.45, 2.75) is 45.6 Å². The molecule has 1 aliphatic rings. The van der Waals surface area contributed by atoms with E-state index in [0.29, 0.717) is 13.2 Å². The van der Waals surface area contributed by atoms with Gasteiger partial charge < -0.3 is 19.2 Å². The summed E-state index contributed by atoms with van der Waals surface area (Å²) in [4.78, 5) is 0. The lowest BCUT2D eigenvalue weighted by atomic mass is 10.2. The molecule has 0 bridgehead atoms. The maximum absolute atomic E-state index is 5.60. The van der Waals surface area contributed by atoms with E-state index in [1.807, 2.05) is 32.9 Å². The smallest absolute Gasteiger partial charge is 0.162 e. The largest absolute Gasteiger partial charge is 0.465 e. The lowest BCUT2D eigenvalue weighted by molar-refractivity contribution is -0.253. The summed E-state index contributed by atoms with van der Waals surface area (Å²) in [6.45, 7) is 9.22. The maximum Gasteiger partial charge on any atom is 0.162 e. The Hall–Kier alpha value is -0.840. The topological polar surface area (TPSA) is 43.6 Å². The van der Waals surface area contributed by atoms with Crippen LogP contribution in [0.4, 0.5) is 0 Å². The fraction of sp³-hybridized carbons (Fsp3) is 0.692. The Kier molecular flexibility index (Phi) is 3.56. The summed E-state index contributed by atoms with van der Waals surface area (Å²) in [5, 5.41) is 3.44. The molecule has 1 aromatic rings. The third-order valence-electron chi connectivity index (χ3n) is 2.94. The van der Waals surface area contributed by atoms with Crippen LogP contribution in [0.5, 0.6) is 0 Å². The van der Waals surface area contributed by atoms with Gasteiger partial charge in [-0.15, -0.1) is 0 Å². The molecule has 0 radical (unpaired) electrons. The molecule has 1 N–H and O–H groups in total. The molecule has 1 atom stereocenters. The number of furan rings is 1. The Morgan fingerprint density at radius 1 is 1.29 bits per heavy atom. The molecule has 2 heterocycles. The Labute approximate surface area is 102 Å². The average molecular weight is 239 g/mol. The summed E-state index contributed by atoms with van der Waals surface area (Å²) in [6.07, 6.45) is 0. The van der Waals surface area contributed by atoms with E-state index in [0.717, 1.165) is 11.5 Å². The maximum atomic E-state index is 5.60. The van der Waals surface area contributed by atoms with Crippen LogP contribution < -0.4 is 5.32 Å². The van der Waals surface area contributed by atoms with Crippen LogP contribution in [-0.4, -0.2) is 25.0 Å². The first-order valence-electron chi connectivity index (χ1n) is 6.06. The number of rotatable bonds is 3. The highest BCUT2D eigenvalue weighted by Crippen LogP contribution is 2.20. The highest BCUT2D eigenvalue weighted by atomic mass is 16.7. The minimum Gasteiger partial charge on any atom is -0.465 e. The zero-order chi connectivity index (χ0) is 12.5. The summed E-state index contributed by atoms with van der Waals surface area (Å²) in [6, 6.07) is 4.36. The van der Waals surface area contributed by atoms with Gasteiger partial charge in [0.1, 0.15) is 11.5 Å². The summed E-state index contributed by atoms with van der Waals surface area (Å²) < 4.78 is 16.8. The molecule has 1 unspecified atom stereocenters. The molecule has 0 aliphatic carbocycles. The third kappa shape index (κ3) is 3.31. The van der Waals surface area contributed by atoms with Crippen LogP contribution >= 0.6 is 0 Å². The van der Waals surface area contributed by atoms with Crippen molar-refractivity contribution in [3.63, 3.8) is 0 Å². The predicted octanol–water partition coefficient (Wildman–Crippen LogP) is 2.39. The van der Waals surface area contributed by atoms with Crippen LogP contribution in [0, 0.1) is 6.92 Å². The first-order chi connectivity index (χ1) is 7.96. The molecule has 4 nitrogen and oxygen atoms in total. The first kappa shape index (κ1) is 12.6. The molecule has 96 valence electrons. The second kappa shape index (κ2) is 4.80. The summed E-state index contributed by atoms with van der Waals surface area (Å²) in [7, 11) is 0. The number of hydrogen-bond donors (Lipinski definition) is 1. The Morgan fingerprint density at radius 3 is 2.47 bits per heavy atom. The molecule has 0 amide bonds. The molecule has 0 aromatic carbocycles. The summed E-state index contributed by atoms with van der Waals surface area (Å²) >= 11 is 0. The molecule has 2 rings (SSSR count). The number of hydrogen-bond acceptors (Lipinski definition) is 4. The van der Waals surface area contributed by atoms with E-state index in [1.165, 1.54) is 0 Å². The summed E-state index contributed by atoms with van der Waals surface area (Å²) in [5.74, 6) is 1.43. The van der Waals surface area contributed by atoms with Gasteiger partial charge in [-0.05, 0) is 39.8 Å². The van der Waals surface area contributed by atoms with Crippen LogP contribution in [0.1, 0.15) is 38.3 Å². The Balaban J connectivity index is 1.86. The van der Waals surface area contributed by atoms with Crippen molar-refractivity contribution in [1.29, 1.82) is 0 Å². The van der Waals surface area contributed by atoms with E-state index in [1.54, 1.807) is 0 Å². The third-order valence-corrected chi connectivity index (χ3v) is 2.94. The van der Waals surface area contributed by atoms with Gasteiger partial charge in [0, 0.05) is 0 Å². The van der Waals surface area contributed by atoms with E-state index in [2.05, 4.69) is 12.2 Å². The fourth-order valence-electron chi connectivity index (χ4n) is 1.91. The van der Waals surface area contributed by atoms with Gasteiger partial charge in [0.15, 0.2) is 5.79 Å². The van der Waals surface area contributed by atoms with Gasteiger partial charge in [0.2, 0.25) is 0 Å². The number of ether oxygens (including phenoxy) is 2. The van der Waals surface area contributed by atoms with Crippen molar-refractivity contribution < 1.29 is 13.9 Å². The van der Waals surface area contributed by atoms with E-state index < -0.39 is 5.79 Å². The first-order valence-corrected chi connectivity index (χ1v) is 6.06. The monoisotopic (exact) mass is 239 g/mol. The molecule has 4 heteroatoms. The highest BCUT2D eigenvalue weighted by molar-refractivity contribution is 5.09. The number of nitrogens with one attached hydrogen (secondary N) is 1. The molecule has 0 spiro atoms. The average Bonchev–Trinajstić information content (AvgIpc) is 2.68. The standard InChI is InChI=1S/C13H21NO3/c1-9-5-6-12(17-9)10(2)14-11-7-15-13(3,4)16-8-11/h5-6,10-11,14H,7-8H2,1-4H3. The Morgan fingerprint density at radius 2 is 1.94 bits per heavy atom. The minimum atomic E-state index is -0.456. The van der Waals surface area contributed by atoms with E-state index >= 15 is 0 Å². The Bertz CT molecular complexity index is 362. The lowest BCUT2D eigenvalue weighted by Crippen LogP contribution is -2.49. The molecular weight excluding hydrogens is 218 g/mol. The molecule has 1 aromatic heterocycles. The lowest BCUT2D eigenvalue weighted by Gasteiger charge is -2.36. The quantitative estimate of drug-likeness (QED) is 0.879. The molecule has 0 saturated carbocycles. The minimum absolute atomic E-state index is 0.169. The van der Waals surface area contributed by atoms with E-state index in [9.17, 15) is 0 Å². The van der Waals surface area contributed by atoms with Gasteiger partial charge in [-0.25, -0.2) is 0 Å². The van der Waals surface area contributed by atoms with E-state index in [-0.39, 0.29) is 12.1 Å². The van der Waals surface area contributed by atoms with Gasteiger partial charge in [0.25, 0.3) is 0 Å². The zero-order valence-electron chi connectivity index (χ0n) is 10.9. The second-order valence-electron chi connectivity index (χ2n) is 5.06. The molecule has 1 fully saturated rings. The van der Waals surface area contributed by atoms with Crippen LogP contribution in [0.3, 0.4) is 0 Å². The van der Waals surface area contributed by atoms with Crippen molar-refractivity contribution in [3.05, 3.63) is 23.7 Å². The zero-order valence-corrected chi connectivity index (χ0v) is 10.9. The molecule has 1 saturated heterocycles. The highest BCUT2D eigenvalue weighted by Gasteiger charge is 2.29. The SMILES string of the molecule is Cc1ccc(C(C)NC2COC(C)(C)OC2)o1. The normalized spacial score (nSPS) is 22.6. The predicted molar refractivity (Wildman–Crippen MR) is 64.8 cm³/mol. The number of aryl methyl sites for hydroxylation is 1. The van der Waals surface area contributed by atoms with E-state index in [4.69, 9.17) is 13.9 Å². The fourth-order valence-corrected chi connectivity index (χ4v) is 1.91. The van der Waals surface area contributed by atoms with Gasteiger partial charge in [-0.2, -0.15) is 0 Å². The van der Waals surface area contributed by atoms with Crippen LogP contribution in [0.2, 0.25) is 0 Å². The van der Waals surface area contributed by atoms with Crippen molar-refractivity contribution in [1.82, 2.24) is 5.32 Å². The molecule has 1 aliphatic heterocycles. The van der Waals surface area contributed by atoms with Crippen molar-refractivity contribution in [2.75, 3.05) is 13.2 Å². The van der Waals surface area contributed by atoms with Gasteiger partial charge in [-0.3, -0.25) is 0 Å².